The van der Waals surface area contributed by atoms with E-state index >= 15 is 0 Å². The zero-order valence-corrected chi connectivity index (χ0v) is 16.2. The molecule has 0 saturated heterocycles. The monoisotopic (exact) mass is 431 g/mol. The highest BCUT2D eigenvalue weighted by Crippen LogP contribution is 2.21. The zero-order chi connectivity index (χ0) is 19.1. The van der Waals surface area contributed by atoms with Gasteiger partial charge in [-0.15, -0.1) is 0 Å². The van der Waals surface area contributed by atoms with Crippen LogP contribution in [0.15, 0.2) is 65.4 Å². The van der Waals surface area contributed by atoms with Crippen molar-refractivity contribution in [3.8, 4) is 5.75 Å². The lowest BCUT2D eigenvalue weighted by molar-refractivity contribution is -0.123. The number of imidazole rings is 1. The summed E-state index contributed by atoms with van der Waals surface area (Å²) in [6.45, 7) is 0.921. The van der Waals surface area contributed by atoms with Crippen LogP contribution in [0.1, 0.15) is 11.4 Å². The number of aromatic nitrogens is 2. The first-order valence-electron chi connectivity index (χ1n) is 8.50. The van der Waals surface area contributed by atoms with E-state index in [0.717, 1.165) is 12.4 Å². The average Bonchev–Trinajstić information content (AvgIpc) is 3.09. The highest BCUT2D eigenvalue weighted by molar-refractivity contribution is 9.10. The molecule has 27 heavy (non-hydrogen) atoms. The Morgan fingerprint density at radius 3 is 2.81 bits per heavy atom. The van der Waals surface area contributed by atoms with Gasteiger partial charge in [0.05, 0.1) is 0 Å². The van der Waals surface area contributed by atoms with Crippen molar-refractivity contribution >= 4 is 21.8 Å². The Kier molecular flexibility index (Phi) is 6.59. The maximum atomic E-state index is 13.7. The number of benzene rings is 2. The molecule has 2 aromatic carbocycles. The fourth-order valence-corrected chi connectivity index (χ4v) is 2.93. The molecule has 1 amide bonds. The topological polar surface area (TPSA) is 56.1 Å². The molecule has 5 nitrogen and oxygen atoms in total. The van der Waals surface area contributed by atoms with Crippen molar-refractivity contribution in [3.05, 3.63) is 82.6 Å². The molecule has 3 rings (SSSR count). The number of rotatable bonds is 8. The Morgan fingerprint density at radius 1 is 1.22 bits per heavy atom. The van der Waals surface area contributed by atoms with Crippen LogP contribution in [0.2, 0.25) is 0 Å². The first-order valence-corrected chi connectivity index (χ1v) is 9.29. The molecule has 0 atom stereocenters. The molecule has 0 unspecified atom stereocenters. The van der Waals surface area contributed by atoms with Crippen molar-refractivity contribution in [2.75, 3.05) is 13.2 Å². The number of hydrogen-bond acceptors (Lipinski definition) is 3. The van der Waals surface area contributed by atoms with Crippen LogP contribution in [0, 0.1) is 5.82 Å². The predicted molar refractivity (Wildman–Crippen MR) is 104 cm³/mol. The van der Waals surface area contributed by atoms with Crippen molar-refractivity contribution in [1.82, 2.24) is 14.9 Å². The molecule has 3 aromatic rings. The largest absolute Gasteiger partial charge is 0.481 e. The van der Waals surface area contributed by atoms with Crippen LogP contribution in [0.4, 0.5) is 4.39 Å². The van der Waals surface area contributed by atoms with Crippen molar-refractivity contribution < 1.29 is 13.9 Å². The molecule has 0 saturated carbocycles. The summed E-state index contributed by atoms with van der Waals surface area (Å²) in [5.74, 6) is 0.115. The summed E-state index contributed by atoms with van der Waals surface area (Å²) in [5.41, 5.74) is 1.19. The minimum atomic E-state index is -0.514. The van der Waals surface area contributed by atoms with Crippen molar-refractivity contribution in [2.45, 2.75) is 13.0 Å². The quantitative estimate of drug-likeness (QED) is 0.592. The molecule has 0 radical (unpaired) electrons. The smallest absolute Gasteiger partial charge is 0.257 e. The van der Waals surface area contributed by atoms with Crippen LogP contribution in [-0.4, -0.2) is 28.6 Å². The lowest BCUT2D eigenvalue weighted by atomic mass is 10.2. The molecule has 0 spiro atoms. The van der Waals surface area contributed by atoms with Crippen molar-refractivity contribution in [1.29, 1.82) is 0 Å². The molecule has 0 aliphatic carbocycles. The number of carbonyl (C=O) groups excluding carboxylic acids is 1. The first kappa shape index (κ1) is 19.1. The maximum absolute atomic E-state index is 13.7. The van der Waals surface area contributed by atoms with Gasteiger partial charge in [-0.1, -0.05) is 46.3 Å². The van der Waals surface area contributed by atoms with E-state index < -0.39 is 5.82 Å². The fourth-order valence-electron chi connectivity index (χ4n) is 2.59. The lowest BCUT2D eigenvalue weighted by Crippen LogP contribution is -2.31. The second-order valence-electron chi connectivity index (χ2n) is 5.92. The molecule has 0 aliphatic heterocycles. The Bertz CT molecular complexity index is 899. The van der Waals surface area contributed by atoms with E-state index in [-0.39, 0.29) is 18.3 Å². The lowest BCUT2D eigenvalue weighted by Gasteiger charge is -2.10. The van der Waals surface area contributed by atoms with E-state index in [2.05, 4.69) is 42.9 Å². The highest BCUT2D eigenvalue weighted by atomic mass is 79.9. The molecule has 0 bridgehead atoms. The predicted octanol–water partition coefficient (Wildman–Crippen LogP) is 3.57. The van der Waals surface area contributed by atoms with Gasteiger partial charge < -0.3 is 14.6 Å². The Morgan fingerprint density at radius 2 is 2.04 bits per heavy atom. The number of nitrogens with zero attached hydrogens (tertiary/aromatic N) is 2. The second kappa shape index (κ2) is 9.32. The Balaban J connectivity index is 1.44. The SMILES string of the molecule is O=C(COc1ccc(Br)cc1F)NCCc1nccn1Cc1ccccc1. The van der Waals surface area contributed by atoms with Gasteiger partial charge in [0.15, 0.2) is 18.2 Å². The third-order valence-electron chi connectivity index (χ3n) is 3.92. The van der Waals surface area contributed by atoms with Crippen molar-refractivity contribution in [2.24, 2.45) is 0 Å². The van der Waals surface area contributed by atoms with Crippen LogP contribution >= 0.6 is 15.9 Å². The molecule has 1 N–H and O–H groups in total. The van der Waals surface area contributed by atoms with Gasteiger partial charge in [-0.25, -0.2) is 9.37 Å². The van der Waals surface area contributed by atoms with Gasteiger partial charge in [-0.05, 0) is 23.8 Å². The molecule has 0 fully saturated rings. The van der Waals surface area contributed by atoms with Crippen LogP contribution in [0.3, 0.4) is 0 Å². The summed E-state index contributed by atoms with van der Waals surface area (Å²) in [5, 5.41) is 2.76. The second-order valence-corrected chi connectivity index (χ2v) is 6.84. The zero-order valence-electron chi connectivity index (χ0n) is 14.6. The van der Waals surface area contributed by atoms with Gasteiger partial charge in [0, 0.05) is 36.4 Å². The summed E-state index contributed by atoms with van der Waals surface area (Å²) in [7, 11) is 0. The average molecular weight is 432 g/mol. The van der Waals surface area contributed by atoms with Gasteiger partial charge in [-0.2, -0.15) is 0 Å². The summed E-state index contributed by atoms with van der Waals surface area (Å²) >= 11 is 3.17. The molecule has 1 aromatic heterocycles. The molecule has 140 valence electrons. The molecular formula is C20H19BrFN3O2. The number of hydrogen-bond donors (Lipinski definition) is 1. The third-order valence-corrected chi connectivity index (χ3v) is 4.41. The van der Waals surface area contributed by atoms with Crippen LogP contribution in [0.25, 0.3) is 0 Å². The third kappa shape index (κ3) is 5.65. The first-order chi connectivity index (χ1) is 13.1. The minimum Gasteiger partial charge on any atom is -0.481 e. The van der Waals surface area contributed by atoms with E-state index in [1.807, 2.05) is 24.4 Å². The van der Waals surface area contributed by atoms with E-state index in [4.69, 9.17) is 4.74 Å². The van der Waals surface area contributed by atoms with Gasteiger partial charge >= 0.3 is 0 Å². The van der Waals surface area contributed by atoms with E-state index in [9.17, 15) is 9.18 Å². The van der Waals surface area contributed by atoms with Crippen LogP contribution in [-0.2, 0) is 17.8 Å². The summed E-state index contributed by atoms with van der Waals surface area (Å²) < 4.78 is 21.5. The number of halogens is 2. The van der Waals surface area contributed by atoms with E-state index in [1.54, 1.807) is 12.3 Å². The minimum absolute atomic E-state index is 0.0479. The molecular weight excluding hydrogens is 413 g/mol. The highest BCUT2D eigenvalue weighted by Gasteiger charge is 2.08. The van der Waals surface area contributed by atoms with E-state index in [1.165, 1.54) is 17.7 Å². The van der Waals surface area contributed by atoms with Crippen LogP contribution < -0.4 is 10.1 Å². The van der Waals surface area contributed by atoms with Gasteiger partial charge in [-0.3, -0.25) is 4.79 Å². The number of ether oxygens (including phenoxy) is 1. The fraction of sp³-hybridized carbons (Fsp3) is 0.200. The molecule has 1 heterocycles. The number of amides is 1. The van der Waals surface area contributed by atoms with E-state index in [0.29, 0.717) is 17.4 Å². The van der Waals surface area contributed by atoms with Crippen LogP contribution in [0.5, 0.6) is 5.75 Å². The van der Waals surface area contributed by atoms with Gasteiger partial charge in [0.25, 0.3) is 5.91 Å². The Labute approximate surface area is 165 Å². The number of carbonyl (C=O) groups is 1. The summed E-state index contributed by atoms with van der Waals surface area (Å²) in [6, 6.07) is 14.5. The number of nitrogens with one attached hydrogen (secondary N) is 1. The summed E-state index contributed by atoms with van der Waals surface area (Å²) in [4.78, 5) is 16.3. The van der Waals surface area contributed by atoms with Gasteiger partial charge in [0.1, 0.15) is 5.82 Å². The Hall–Kier alpha value is -2.67. The molecule has 0 aliphatic rings. The van der Waals surface area contributed by atoms with Gasteiger partial charge in [0.2, 0.25) is 0 Å². The standard InChI is InChI=1S/C20H19BrFN3O2/c21-16-6-7-18(17(22)12-16)27-14-20(26)24-9-8-19-23-10-11-25(19)13-15-4-2-1-3-5-15/h1-7,10-12H,8-9,13-14H2,(H,24,26). The normalized spacial score (nSPS) is 10.6. The molecule has 7 heteroatoms. The maximum Gasteiger partial charge on any atom is 0.257 e. The van der Waals surface area contributed by atoms with Crippen molar-refractivity contribution in [3.63, 3.8) is 0 Å². The summed E-state index contributed by atoms with van der Waals surface area (Å²) in [6.07, 6.45) is 4.27.